The van der Waals surface area contributed by atoms with Crippen LogP contribution in [0, 0.1) is 28.8 Å². The first-order chi connectivity index (χ1) is 10.3. The molecule has 4 nitrogen and oxygen atoms in total. The highest BCUT2D eigenvalue weighted by Crippen LogP contribution is 2.16. The molecular weight excluding hydrogens is 317 g/mol. The molecular formula is C14H9F3N2O2S. The quantitative estimate of drug-likeness (QED) is 0.878. The third kappa shape index (κ3) is 3.27. The van der Waals surface area contributed by atoms with Gasteiger partial charge in [-0.15, -0.1) is 0 Å². The molecule has 2 rings (SSSR count). The number of nitriles is 1. The van der Waals surface area contributed by atoms with Crippen LogP contribution in [0.3, 0.4) is 0 Å². The second-order valence-corrected chi connectivity index (χ2v) is 6.04. The normalized spacial score (nSPS) is 11.2. The van der Waals surface area contributed by atoms with Crippen molar-refractivity contribution in [1.82, 2.24) is 4.72 Å². The molecule has 0 saturated carbocycles. The Morgan fingerprint density at radius 3 is 2.27 bits per heavy atom. The Hall–Kier alpha value is -2.37. The van der Waals surface area contributed by atoms with E-state index in [-0.39, 0.29) is 16.0 Å². The number of halogens is 3. The lowest BCUT2D eigenvalue weighted by Crippen LogP contribution is -2.24. The maximum absolute atomic E-state index is 13.1. The van der Waals surface area contributed by atoms with Crippen LogP contribution >= 0.6 is 0 Å². The van der Waals surface area contributed by atoms with E-state index in [2.05, 4.69) is 4.72 Å². The third-order valence-electron chi connectivity index (χ3n) is 2.81. The molecule has 1 N–H and O–H groups in total. The zero-order valence-corrected chi connectivity index (χ0v) is 11.8. The summed E-state index contributed by atoms with van der Waals surface area (Å²) in [5.74, 6) is -4.44. The van der Waals surface area contributed by atoms with Crippen LogP contribution in [0.5, 0.6) is 0 Å². The highest BCUT2D eigenvalue weighted by atomic mass is 32.2. The van der Waals surface area contributed by atoms with Crippen LogP contribution in [0.4, 0.5) is 13.2 Å². The summed E-state index contributed by atoms with van der Waals surface area (Å²) in [5, 5.41) is 8.89. The summed E-state index contributed by atoms with van der Waals surface area (Å²) < 4.78 is 65.3. The van der Waals surface area contributed by atoms with Gasteiger partial charge in [0.05, 0.1) is 10.5 Å². The highest BCUT2D eigenvalue weighted by molar-refractivity contribution is 7.89. The number of hydrogen-bond donors (Lipinski definition) is 1. The van der Waals surface area contributed by atoms with Crippen molar-refractivity contribution in [1.29, 1.82) is 5.26 Å². The lowest BCUT2D eigenvalue weighted by molar-refractivity contribution is 0.445. The van der Waals surface area contributed by atoms with Gasteiger partial charge in [0.1, 0.15) is 6.07 Å². The molecule has 0 radical (unpaired) electrons. The predicted molar refractivity (Wildman–Crippen MR) is 71.5 cm³/mol. The highest BCUT2D eigenvalue weighted by Gasteiger charge is 2.18. The monoisotopic (exact) mass is 326 g/mol. The van der Waals surface area contributed by atoms with Gasteiger partial charge in [-0.05, 0) is 29.8 Å². The van der Waals surface area contributed by atoms with E-state index in [1.165, 1.54) is 24.3 Å². The first-order valence-corrected chi connectivity index (χ1v) is 7.45. The predicted octanol–water partition coefficient (Wildman–Crippen LogP) is 2.45. The van der Waals surface area contributed by atoms with Crippen LogP contribution < -0.4 is 4.72 Å². The lowest BCUT2D eigenvalue weighted by Gasteiger charge is -2.08. The fourth-order valence-electron chi connectivity index (χ4n) is 1.76. The van der Waals surface area contributed by atoms with Crippen molar-refractivity contribution >= 4 is 10.0 Å². The first-order valence-electron chi connectivity index (χ1n) is 5.97. The second kappa shape index (κ2) is 6.17. The zero-order valence-electron chi connectivity index (χ0n) is 11.0. The standard InChI is InChI=1S/C14H9F3N2O2S/c15-11-5-9(6-12(16)14(11)17)8-19-22(20,21)13-4-2-1-3-10(13)7-18/h1-6,19H,8H2. The van der Waals surface area contributed by atoms with Gasteiger partial charge in [0.2, 0.25) is 10.0 Å². The van der Waals surface area contributed by atoms with E-state index in [0.717, 1.165) is 0 Å². The summed E-state index contributed by atoms with van der Waals surface area (Å²) in [4.78, 5) is -0.249. The smallest absolute Gasteiger partial charge is 0.207 e. The van der Waals surface area contributed by atoms with E-state index in [0.29, 0.717) is 12.1 Å². The first kappa shape index (κ1) is 16.0. The number of benzene rings is 2. The topological polar surface area (TPSA) is 70.0 Å². The number of sulfonamides is 1. The van der Waals surface area contributed by atoms with Gasteiger partial charge in [0, 0.05) is 6.54 Å². The van der Waals surface area contributed by atoms with Gasteiger partial charge in [0.15, 0.2) is 17.5 Å². The van der Waals surface area contributed by atoms with Gasteiger partial charge in [-0.25, -0.2) is 26.3 Å². The Morgan fingerprint density at radius 2 is 1.68 bits per heavy atom. The van der Waals surface area contributed by atoms with Gasteiger partial charge in [0.25, 0.3) is 0 Å². The Balaban J connectivity index is 2.26. The molecule has 0 saturated heterocycles. The molecule has 0 aliphatic rings. The van der Waals surface area contributed by atoms with E-state index in [9.17, 15) is 21.6 Å². The molecule has 0 aromatic heterocycles. The molecule has 114 valence electrons. The molecule has 8 heteroatoms. The molecule has 2 aromatic rings. The van der Waals surface area contributed by atoms with Crippen molar-refractivity contribution in [3.05, 3.63) is 65.0 Å². The SMILES string of the molecule is N#Cc1ccccc1S(=O)(=O)NCc1cc(F)c(F)c(F)c1. The van der Waals surface area contributed by atoms with Crippen LogP contribution in [0.25, 0.3) is 0 Å². The number of hydrogen-bond acceptors (Lipinski definition) is 3. The van der Waals surface area contributed by atoms with E-state index < -0.39 is 34.0 Å². The molecule has 0 unspecified atom stereocenters. The molecule has 0 amide bonds. The molecule has 0 spiro atoms. The van der Waals surface area contributed by atoms with E-state index in [1.807, 2.05) is 0 Å². The van der Waals surface area contributed by atoms with Crippen LogP contribution in [0.2, 0.25) is 0 Å². The van der Waals surface area contributed by atoms with Crippen molar-refractivity contribution in [2.75, 3.05) is 0 Å². The van der Waals surface area contributed by atoms with Crippen molar-refractivity contribution in [3.63, 3.8) is 0 Å². The molecule has 0 bridgehead atoms. The van der Waals surface area contributed by atoms with Gasteiger partial charge < -0.3 is 0 Å². The van der Waals surface area contributed by atoms with Crippen molar-refractivity contribution < 1.29 is 21.6 Å². The van der Waals surface area contributed by atoms with Gasteiger partial charge in [-0.2, -0.15) is 5.26 Å². The van der Waals surface area contributed by atoms with Crippen LogP contribution in [-0.2, 0) is 16.6 Å². The molecule has 22 heavy (non-hydrogen) atoms. The summed E-state index contributed by atoms with van der Waals surface area (Å²) in [6.45, 7) is -0.448. The Morgan fingerprint density at radius 1 is 1.09 bits per heavy atom. The van der Waals surface area contributed by atoms with E-state index >= 15 is 0 Å². The maximum atomic E-state index is 13.1. The largest absolute Gasteiger partial charge is 0.242 e. The van der Waals surface area contributed by atoms with Gasteiger partial charge >= 0.3 is 0 Å². The molecule has 0 fully saturated rings. The average Bonchev–Trinajstić information content (AvgIpc) is 2.50. The molecule has 0 heterocycles. The summed E-state index contributed by atoms with van der Waals surface area (Å²) in [5.41, 5.74) is -0.152. The Bertz CT molecular complexity index is 838. The molecule has 0 aliphatic carbocycles. The summed E-state index contributed by atoms with van der Waals surface area (Å²) >= 11 is 0. The minimum Gasteiger partial charge on any atom is -0.207 e. The maximum Gasteiger partial charge on any atom is 0.242 e. The van der Waals surface area contributed by atoms with E-state index in [1.54, 1.807) is 6.07 Å². The Kier molecular flexibility index (Phi) is 4.49. The fraction of sp³-hybridized carbons (Fsp3) is 0.0714. The van der Waals surface area contributed by atoms with Gasteiger partial charge in [-0.1, -0.05) is 12.1 Å². The Labute approximate surface area is 124 Å². The van der Waals surface area contributed by atoms with Crippen molar-refractivity contribution in [2.24, 2.45) is 0 Å². The average molecular weight is 326 g/mol. The minimum atomic E-state index is -4.05. The third-order valence-corrected chi connectivity index (χ3v) is 4.27. The summed E-state index contributed by atoms with van der Waals surface area (Å²) in [6, 6.07) is 8.61. The lowest BCUT2D eigenvalue weighted by atomic mass is 10.2. The summed E-state index contributed by atoms with van der Waals surface area (Å²) in [7, 11) is -4.05. The molecule has 2 aromatic carbocycles. The number of nitrogens with zero attached hydrogens (tertiary/aromatic N) is 1. The van der Waals surface area contributed by atoms with Crippen LogP contribution in [0.15, 0.2) is 41.3 Å². The van der Waals surface area contributed by atoms with Crippen LogP contribution in [-0.4, -0.2) is 8.42 Å². The number of nitrogens with one attached hydrogen (secondary N) is 1. The second-order valence-electron chi connectivity index (χ2n) is 4.31. The zero-order chi connectivity index (χ0) is 16.3. The van der Waals surface area contributed by atoms with Crippen LogP contribution in [0.1, 0.15) is 11.1 Å². The summed E-state index contributed by atoms with van der Waals surface area (Å²) in [6.07, 6.45) is 0. The number of rotatable bonds is 4. The van der Waals surface area contributed by atoms with Crippen molar-refractivity contribution in [2.45, 2.75) is 11.4 Å². The fourth-order valence-corrected chi connectivity index (χ4v) is 2.93. The molecule has 0 atom stereocenters. The minimum absolute atomic E-state index is 0.0635. The van der Waals surface area contributed by atoms with Gasteiger partial charge in [-0.3, -0.25) is 0 Å². The van der Waals surface area contributed by atoms with Crippen molar-refractivity contribution in [3.8, 4) is 6.07 Å². The molecule has 0 aliphatic heterocycles. The van der Waals surface area contributed by atoms with E-state index in [4.69, 9.17) is 5.26 Å².